The highest BCUT2D eigenvalue weighted by Gasteiger charge is 2.27. The van der Waals surface area contributed by atoms with Crippen LogP contribution in [0.1, 0.15) is 42.6 Å². The number of nitrogens with zero attached hydrogens (tertiary/aromatic N) is 2. The number of benzene rings is 1. The molecule has 1 saturated heterocycles. The summed E-state index contributed by atoms with van der Waals surface area (Å²) in [4.78, 5) is 16.6. The summed E-state index contributed by atoms with van der Waals surface area (Å²) in [6.07, 6.45) is 1.90. The first-order chi connectivity index (χ1) is 9.90. The van der Waals surface area contributed by atoms with Gasteiger partial charge in [-0.05, 0) is 45.7 Å². The van der Waals surface area contributed by atoms with Crippen LogP contribution in [-0.2, 0) is 0 Å². The summed E-state index contributed by atoms with van der Waals surface area (Å²) in [5.41, 5.74) is 1.09. The minimum atomic E-state index is -0.433. The normalized spacial score (nSPS) is 17.2. The van der Waals surface area contributed by atoms with E-state index < -0.39 is 5.82 Å². The molecule has 1 amide bonds. The molecule has 0 spiro atoms. The van der Waals surface area contributed by atoms with E-state index in [1.807, 2.05) is 6.92 Å². The monoisotopic (exact) mass is 292 g/mol. The smallest absolute Gasteiger partial charge is 0.256 e. The van der Waals surface area contributed by atoms with Gasteiger partial charge < -0.3 is 9.80 Å². The Hall–Kier alpha value is -1.42. The molecule has 1 heterocycles. The van der Waals surface area contributed by atoms with Crippen LogP contribution >= 0.6 is 0 Å². The lowest BCUT2D eigenvalue weighted by atomic mass is 10.0. The predicted octanol–water partition coefficient (Wildman–Crippen LogP) is 3.08. The molecule has 3 nitrogen and oxygen atoms in total. The van der Waals surface area contributed by atoms with Crippen molar-refractivity contribution in [1.82, 2.24) is 9.80 Å². The molecule has 0 saturated carbocycles. The van der Waals surface area contributed by atoms with Crippen molar-refractivity contribution in [1.29, 1.82) is 0 Å². The minimum absolute atomic E-state index is 0.184. The fourth-order valence-corrected chi connectivity index (χ4v) is 2.95. The maximum absolute atomic E-state index is 13.9. The lowest BCUT2D eigenvalue weighted by molar-refractivity contribution is 0.0611. The summed E-state index contributed by atoms with van der Waals surface area (Å²) in [5, 5.41) is 0. The largest absolute Gasteiger partial charge is 0.339 e. The first-order valence-electron chi connectivity index (χ1n) is 7.67. The Labute approximate surface area is 126 Å². The highest BCUT2D eigenvalue weighted by Crippen LogP contribution is 2.20. The van der Waals surface area contributed by atoms with Gasteiger partial charge in [0.1, 0.15) is 5.82 Å². The molecule has 0 atom stereocenters. The van der Waals surface area contributed by atoms with Crippen LogP contribution in [0.4, 0.5) is 4.39 Å². The number of aryl methyl sites for hydroxylation is 1. The van der Waals surface area contributed by atoms with E-state index in [1.165, 1.54) is 6.07 Å². The zero-order chi connectivity index (χ0) is 15.6. The SMILES string of the molecule is Cc1ccc(F)c(C(=O)N(C)C2CCN(C(C)C)CC2)c1. The maximum Gasteiger partial charge on any atom is 0.256 e. The summed E-state index contributed by atoms with van der Waals surface area (Å²) >= 11 is 0. The molecule has 1 aromatic rings. The van der Waals surface area contributed by atoms with Crippen molar-refractivity contribution >= 4 is 5.91 Å². The van der Waals surface area contributed by atoms with Gasteiger partial charge in [-0.25, -0.2) is 4.39 Å². The van der Waals surface area contributed by atoms with Crippen LogP contribution in [0, 0.1) is 12.7 Å². The topological polar surface area (TPSA) is 23.6 Å². The fraction of sp³-hybridized carbons (Fsp3) is 0.588. The van der Waals surface area contributed by atoms with Crippen molar-refractivity contribution in [2.45, 2.75) is 45.7 Å². The number of likely N-dealkylation sites (tertiary alicyclic amines) is 1. The van der Waals surface area contributed by atoms with E-state index in [9.17, 15) is 9.18 Å². The van der Waals surface area contributed by atoms with Crippen LogP contribution in [0.25, 0.3) is 0 Å². The van der Waals surface area contributed by atoms with Gasteiger partial charge in [0.2, 0.25) is 0 Å². The quantitative estimate of drug-likeness (QED) is 0.855. The Bertz CT molecular complexity index is 508. The Morgan fingerprint density at radius 1 is 1.33 bits per heavy atom. The van der Waals surface area contributed by atoms with E-state index in [2.05, 4.69) is 18.7 Å². The van der Waals surface area contributed by atoms with Crippen LogP contribution in [0.15, 0.2) is 18.2 Å². The lowest BCUT2D eigenvalue weighted by Crippen LogP contribution is -2.47. The highest BCUT2D eigenvalue weighted by molar-refractivity contribution is 5.94. The van der Waals surface area contributed by atoms with Gasteiger partial charge in [0.15, 0.2) is 0 Å². The first-order valence-corrected chi connectivity index (χ1v) is 7.67. The molecule has 0 aromatic heterocycles. The van der Waals surface area contributed by atoms with Crippen molar-refractivity contribution in [3.05, 3.63) is 35.1 Å². The van der Waals surface area contributed by atoms with Gasteiger partial charge in [0.05, 0.1) is 5.56 Å². The molecule has 21 heavy (non-hydrogen) atoms. The average molecular weight is 292 g/mol. The molecule has 0 bridgehead atoms. The molecule has 1 aliphatic rings. The molecular formula is C17H25FN2O. The minimum Gasteiger partial charge on any atom is -0.339 e. The first kappa shape index (κ1) is 16.0. The van der Waals surface area contributed by atoms with Gasteiger partial charge in [-0.2, -0.15) is 0 Å². The molecule has 2 rings (SSSR count). The van der Waals surface area contributed by atoms with Crippen LogP contribution in [0.3, 0.4) is 0 Å². The second kappa shape index (κ2) is 6.56. The molecule has 1 fully saturated rings. The third kappa shape index (κ3) is 3.62. The Balaban J connectivity index is 2.05. The van der Waals surface area contributed by atoms with Gasteiger partial charge in [0, 0.05) is 32.2 Å². The van der Waals surface area contributed by atoms with E-state index in [4.69, 9.17) is 0 Å². The highest BCUT2D eigenvalue weighted by atomic mass is 19.1. The fourth-order valence-electron chi connectivity index (χ4n) is 2.95. The maximum atomic E-state index is 13.9. The van der Waals surface area contributed by atoms with Crippen molar-refractivity contribution < 1.29 is 9.18 Å². The summed E-state index contributed by atoms with van der Waals surface area (Å²) in [6, 6.07) is 5.44. The van der Waals surface area contributed by atoms with E-state index >= 15 is 0 Å². The number of halogens is 1. The Morgan fingerprint density at radius 3 is 2.52 bits per heavy atom. The van der Waals surface area contributed by atoms with Crippen molar-refractivity contribution in [3.63, 3.8) is 0 Å². The van der Waals surface area contributed by atoms with Crippen LogP contribution in [-0.4, -0.2) is 47.9 Å². The van der Waals surface area contributed by atoms with E-state index in [0.29, 0.717) is 6.04 Å². The van der Waals surface area contributed by atoms with E-state index in [1.54, 1.807) is 24.1 Å². The van der Waals surface area contributed by atoms with Gasteiger partial charge >= 0.3 is 0 Å². The van der Waals surface area contributed by atoms with Crippen molar-refractivity contribution in [2.75, 3.05) is 20.1 Å². The van der Waals surface area contributed by atoms with Gasteiger partial charge in [0.25, 0.3) is 5.91 Å². The molecule has 4 heteroatoms. The summed E-state index contributed by atoms with van der Waals surface area (Å²) < 4.78 is 13.9. The molecular weight excluding hydrogens is 267 g/mol. The number of piperidine rings is 1. The summed E-state index contributed by atoms with van der Waals surface area (Å²) in [5.74, 6) is -0.642. The van der Waals surface area contributed by atoms with Crippen LogP contribution in [0.2, 0.25) is 0 Å². The molecule has 1 aliphatic heterocycles. The van der Waals surface area contributed by atoms with E-state index in [0.717, 1.165) is 31.5 Å². The number of hydrogen-bond acceptors (Lipinski definition) is 2. The van der Waals surface area contributed by atoms with Crippen LogP contribution < -0.4 is 0 Å². The molecule has 0 unspecified atom stereocenters. The second-order valence-electron chi connectivity index (χ2n) is 6.26. The van der Waals surface area contributed by atoms with Crippen LogP contribution in [0.5, 0.6) is 0 Å². The zero-order valence-electron chi connectivity index (χ0n) is 13.4. The lowest BCUT2D eigenvalue weighted by Gasteiger charge is -2.38. The summed E-state index contributed by atoms with van der Waals surface area (Å²) in [6.45, 7) is 8.25. The number of rotatable bonds is 3. The molecule has 1 aromatic carbocycles. The number of carbonyl (C=O) groups excluding carboxylic acids is 1. The molecule has 0 aliphatic carbocycles. The zero-order valence-corrected chi connectivity index (χ0v) is 13.4. The van der Waals surface area contributed by atoms with Gasteiger partial charge in [-0.3, -0.25) is 4.79 Å². The second-order valence-corrected chi connectivity index (χ2v) is 6.26. The van der Waals surface area contributed by atoms with Gasteiger partial charge in [-0.1, -0.05) is 11.6 Å². The Morgan fingerprint density at radius 2 is 1.95 bits per heavy atom. The number of carbonyl (C=O) groups is 1. The molecule has 0 radical (unpaired) electrons. The van der Waals surface area contributed by atoms with Crippen molar-refractivity contribution in [3.8, 4) is 0 Å². The third-order valence-electron chi connectivity index (χ3n) is 4.45. The predicted molar refractivity (Wildman–Crippen MR) is 83.0 cm³/mol. The molecule has 116 valence electrons. The standard InChI is InChI=1S/C17H25FN2O/c1-12(2)20-9-7-14(8-10-20)19(4)17(21)15-11-13(3)5-6-16(15)18/h5-6,11-12,14H,7-10H2,1-4H3. The van der Waals surface area contributed by atoms with E-state index in [-0.39, 0.29) is 17.5 Å². The third-order valence-corrected chi connectivity index (χ3v) is 4.45. The molecule has 0 N–H and O–H groups in total. The summed E-state index contributed by atoms with van der Waals surface area (Å²) in [7, 11) is 1.79. The van der Waals surface area contributed by atoms with Gasteiger partial charge in [-0.15, -0.1) is 0 Å². The number of amides is 1. The Kier molecular flexibility index (Phi) is 4.99. The average Bonchev–Trinajstić information content (AvgIpc) is 2.48. The number of hydrogen-bond donors (Lipinski definition) is 0. The van der Waals surface area contributed by atoms with Crippen molar-refractivity contribution in [2.24, 2.45) is 0 Å².